The smallest absolute Gasteiger partial charge is 0.187 e. The van der Waals surface area contributed by atoms with Crippen LogP contribution in [0.2, 0.25) is 0 Å². The average Bonchev–Trinajstić information content (AvgIpc) is 2.64. The van der Waals surface area contributed by atoms with Crippen molar-refractivity contribution < 1.29 is 0 Å². The zero-order valence-electron chi connectivity index (χ0n) is 8.11. The molecule has 5 heteroatoms. The predicted molar refractivity (Wildman–Crippen MR) is 68.3 cm³/mol. The van der Waals surface area contributed by atoms with E-state index in [-0.39, 0.29) is 0 Å². The summed E-state index contributed by atoms with van der Waals surface area (Å²) in [5.74, 6) is 0.930. The van der Waals surface area contributed by atoms with Gasteiger partial charge in [0, 0.05) is 32.9 Å². The lowest BCUT2D eigenvalue weighted by atomic mass is 10.4. The summed E-state index contributed by atoms with van der Waals surface area (Å²) < 4.78 is 1.15. The molecule has 0 saturated carbocycles. The largest absolute Gasteiger partial charge is 0.231 e. The molecular weight excluding hydrogens is 292 g/mol. The Balaban J connectivity index is 1.96. The monoisotopic (exact) mass is 300 g/mol. The minimum atomic E-state index is 0.838. The van der Waals surface area contributed by atoms with Gasteiger partial charge in [0.05, 0.1) is 0 Å². The lowest BCUT2D eigenvalue weighted by molar-refractivity contribution is 0.950. The Morgan fingerprint density at radius 2 is 2.13 bits per heavy atom. The number of rotatable bonds is 3. The lowest BCUT2D eigenvalue weighted by Crippen LogP contribution is -1.86. The lowest BCUT2D eigenvalue weighted by Gasteiger charge is -1.97. The van der Waals surface area contributed by atoms with E-state index in [0.29, 0.717) is 0 Å². The Hall–Kier alpha value is -0.390. The first-order valence-corrected chi connectivity index (χ1v) is 7.04. The maximum Gasteiger partial charge on any atom is 0.187 e. The maximum atomic E-state index is 4.24. The highest BCUT2D eigenvalue weighted by molar-refractivity contribution is 9.10. The van der Waals surface area contributed by atoms with Gasteiger partial charge >= 0.3 is 0 Å². The minimum Gasteiger partial charge on any atom is -0.231 e. The quantitative estimate of drug-likeness (QED) is 0.635. The van der Waals surface area contributed by atoms with Gasteiger partial charge < -0.3 is 0 Å². The fraction of sp³-hybridized carbons (Fsp3) is 0.200. The van der Waals surface area contributed by atoms with E-state index in [2.05, 4.69) is 37.3 Å². The topological polar surface area (TPSA) is 25.8 Å². The third-order valence-electron chi connectivity index (χ3n) is 1.72. The highest BCUT2D eigenvalue weighted by atomic mass is 79.9. The number of thioether (sulfide) groups is 1. The summed E-state index contributed by atoms with van der Waals surface area (Å²) in [7, 11) is 0. The van der Waals surface area contributed by atoms with Crippen LogP contribution in [0.4, 0.5) is 0 Å². The molecule has 0 N–H and O–H groups in total. The first-order valence-electron chi connectivity index (χ1n) is 4.38. The average molecular weight is 301 g/mol. The van der Waals surface area contributed by atoms with Crippen LogP contribution in [0, 0.1) is 6.92 Å². The van der Waals surface area contributed by atoms with Crippen LogP contribution >= 0.6 is 39.0 Å². The molecule has 0 aliphatic heterocycles. The molecule has 2 heterocycles. The Morgan fingerprint density at radius 1 is 1.40 bits per heavy atom. The van der Waals surface area contributed by atoms with Crippen LogP contribution < -0.4 is 0 Å². The number of halogens is 1. The van der Waals surface area contributed by atoms with Gasteiger partial charge in [-0.1, -0.05) is 11.8 Å². The van der Waals surface area contributed by atoms with E-state index < -0.39 is 0 Å². The van der Waals surface area contributed by atoms with Crippen LogP contribution in [0.15, 0.2) is 33.5 Å². The van der Waals surface area contributed by atoms with Gasteiger partial charge in [-0.3, -0.25) is 0 Å². The zero-order valence-corrected chi connectivity index (χ0v) is 11.3. The third-order valence-corrected chi connectivity index (χ3v) is 4.53. The molecule has 2 rings (SSSR count). The van der Waals surface area contributed by atoms with Crippen LogP contribution in [-0.2, 0) is 5.75 Å². The van der Waals surface area contributed by atoms with Gasteiger partial charge in [-0.15, -0.1) is 11.3 Å². The van der Waals surface area contributed by atoms with Crippen molar-refractivity contribution in [1.29, 1.82) is 0 Å². The zero-order chi connectivity index (χ0) is 10.7. The molecule has 2 aromatic rings. The molecule has 0 saturated heterocycles. The molecule has 2 aromatic heterocycles. The fourth-order valence-corrected chi connectivity index (χ4v) is 3.31. The molecule has 0 aromatic carbocycles. The van der Waals surface area contributed by atoms with E-state index in [4.69, 9.17) is 0 Å². The van der Waals surface area contributed by atoms with Gasteiger partial charge in [0.25, 0.3) is 0 Å². The van der Waals surface area contributed by atoms with Gasteiger partial charge in [0.1, 0.15) is 0 Å². The number of thiophene rings is 1. The number of aromatic nitrogens is 2. The van der Waals surface area contributed by atoms with Gasteiger partial charge in [-0.2, -0.15) is 0 Å². The summed E-state index contributed by atoms with van der Waals surface area (Å²) >= 11 is 6.85. The third kappa shape index (κ3) is 3.29. The van der Waals surface area contributed by atoms with Crippen LogP contribution in [0.25, 0.3) is 0 Å². The second-order valence-electron chi connectivity index (χ2n) is 3.06. The molecule has 0 aliphatic rings. The maximum absolute atomic E-state index is 4.24. The first kappa shape index (κ1) is 11.1. The van der Waals surface area contributed by atoms with Crippen molar-refractivity contribution in [2.75, 3.05) is 0 Å². The Morgan fingerprint density at radius 3 is 2.73 bits per heavy atom. The van der Waals surface area contributed by atoms with Crippen molar-refractivity contribution in [2.24, 2.45) is 0 Å². The van der Waals surface area contributed by atoms with Crippen LogP contribution in [0.5, 0.6) is 0 Å². The van der Waals surface area contributed by atoms with Crippen molar-refractivity contribution in [3.05, 3.63) is 38.8 Å². The molecule has 0 radical (unpaired) electrons. The summed E-state index contributed by atoms with van der Waals surface area (Å²) in [6.07, 6.45) is 3.69. The van der Waals surface area contributed by atoms with Gasteiger partial charge in [0.15, 0.2) is 5.16 Å². The van der Waals surface area contributed by atoms with Crippen molar-refractivity contribution in [3.63, 3.8) is 0 Å². The summed E-state index contributed by atoms with van der Waals surface area (Å²) in [5, 5.41) is 2.93. The standard InChI is InChI=1S/C10H9BrN2S2/c1-7-3-12-10(13-4-7)15-6-9-2-8(11)5-14-9/h2-5H,6H2,1H3. The van der Waals surface area contributed by atoms with Crippen molar-refractivity contribution in [1.82, 2.24) is 9.97 Å². The van der Waals surface area contributed by atoms with Crippen molar-refractivity contribution in [2.45, 2.75) is 17.8 Å². The van der Waals surface area contributed by atoms with Gasteiger partial charge in [0.2, 0.25) is 0 Å². The molecule has 0 atom stereocenters. The highest BCUT2D eigenvalue weighted by Gasteiger charge is 2.01. The molecule has 0 unspecified atom stereocenters. The predicted octanol–water partition coefficient (Wildman–Crippen LogP) is 3.90. The summed E-state index contributed by atoms with van der Waals surface area (Å²) in [6, 6.07) is 2.13. The van der Waals surface area contributed by atoms with E-state index in [9.17, 15) is 0 Å². The summed E-state index contributed by atoms with van der Waals surface area (Å²) in [5.41, 5.74) is 1.10. The fourth-order valence-electron chi connectivity index (χ4n) is 1.02. The van der Waals surface area contributed by atoms with E-state index >= 15 is 0 Å². The van der Waals surface area contributed by atoms with E-state index in [1.54, 1.807) is 23.1 Å². The first-order chi connectivity index (χ1) is 7.24. The van der Waals surface area contributed by atoms with E-state index in [1.165, 1.54) is 4.88 Å². The van der Waals surface area contributed by atoms with E-state index in [0.717, 1.165) is 20.9 Å². The summed E-state index contributed by atoms with van der Waals surface area (Å²) in [6.45, 7) is 1.99. The van der Waals surface area contributed by atoms with Crippen LogP contribution in [0.3, 0.4) is 0 Å². The van der Waals surface area contributed by atoms with Gasteiger partial charge in [-0.25, -0.2) is 9.97 Å². The van der Waals surface area contributed by atoms with Crippen molar-refractivity contribution >= 4 is 39.0 Å². The second-order valence-corrected chi connectivity index (χ2v) is 5.92. The Bertz CT molecular complexity index is 439. The normalized spacial score (nSPS) is 10.5. The SMILES string of the molecule is Cc1cnc(SCc2cc(Br)cs2)nc1. The number of hydrogen-bond donors (Lipinski definition) is 0. The molecule has 0 aliphatic carbocycles. The molecule has 78 valence electrons. The highest BCUT2D eigenvalue weighted by Crippen LogP contribution is 2.26. The number of aryl methyl sites for hydroxylation is 1. The van der Waals surface area contributed by atoms with Gasteiger partial charge in [-0.05, 0) is 34.5 Å². The molecule has 2 nitrogen and oxygen atoms in total. The molecule has 0 spiro atoms. The minimum absolute atomic E-state index is 0.838. The van der Waals surface area contributed by atoms with E-state index in [1.807, 2.05) is 19.3 Å². The second kappa shape index (κ2) is 5.09. The number of hydrogen-bond acceptors (Lipinski definition) is 4. The van der Waals surface area contributed by atoms with Crippen LogP contribution in [-0.4, -0.2) is 9.97 Å². The van der Waals surface area contributed by atoms with Crippen molar-refractivity contribution in [3.8, 4) is 0 Å². The molecular formula is C10H9BrN2S2. The van der Waals surface area contributed by atoms with Crippen LogP contribution in [0.1, 0.15) is 10.4 Å². The number of nitrogens with zero attached hydrogens (tertiary/aromatic N) is 2. The molecule has 0 bridgehead atoms. The molecule has 0 fully saturated rings. The Labute approximate surface area is 105 Å². The molecule has 15 heavy (non-hydrogen) atoms. The Kier molecular flexibility index (Phi) is 3.77. The molecule has 0 amide bonds. The summed E-state index contributed by atoms with van der Waals surface area (Å²) in [4.78, 5) is 9.82.